The van der Waals surface area contributed by atoms with E-state index < -0.39 is 0 Å². The second kappa shape index (κ2) is 4.26. The first kappa shape index (κ1) is 9.24. The standard InChI is InChI=1S/C10H15N3O/c14-10-6-9(12-7-13-10)11-5-1-2-8-3-4-8/h6-8H,1-5H2,(H2,11,12,13,14). The lowest BCUT2D eigenvalue weighted by molar-refractivity contribution is 0.686. The number of hydrogen-bond acceptors (Lipinski definition) is 3. The molecule has 1 aromatic heterocycles. The number of H-pyrrole nitrogens is 1. The summed E-state index contributed by atoms with van der Waals surface area (Å²) in [5.74, 6) is 1.65. The predicted octanol–water partition coefficient (Wildman–Crippen LogP) is 1.37. The number of anilines is 1. The smallest absolute Gasteiger partial charge is 0.252 e. The van der Waals surface area contributed by atoms with E-state index >= 15 is 0 Å². The average molecular weight is 193 g/mol. The largest absolute Gasteiger partial charge is 0.370 e. The highest BCUT2D eigenvalue weighted by atomic mass is 16.1. The highest BCUT2D eigenvalue weighted by Crippen LogP contribution is 2.33. The van der Waals surface area contributed by atoms with Crippen LogP contribution in [0.2, 0.25) is 0 Å². The fourth-order valence-electron chi connectivity index (χ4n) is 1.48. The Morgan fingerprint density at radius 1 is 1.57 bits per heavy atom. The van der Waals surface area contributed by atoms with Crippen LogP contribution < -0.4 is 10.9 Å². The van der Waals surface area contributed by atoms with Crippen LogP contribution in [0, 0.1) is 5.92 Å². The van der Waals surface area contributed by atoms with Crippen LogP contribution in [0.5, 0.6) is 0 Å². The SMILES string of the molecule is O=c1cc(NCCCC2CC2)nc[nH]1. The van der Waals surface area contributed by atoms with Gasteiger partial charge in [0.15, 0.2) is 0 Å². The summed E-state index contributed by atoms with van der Waals surface area (Å²) in [7, 11) is 0. The maximum atomic E-state index is 10.9. The summed E-state index contributed by atoms with van der Waals surface area (Å²) < 4.78 is 0. The summed E-state index contributed by atoms with van der Waals surface area (Å²) in [6, 6.07) is 1.48. The van der Waals surface area contributed by atoms with Crippen LogP contribution in [0.15, 0.2) is 17.2 Å². The van der Waals surface area contributed by atoms with Crippen molar-refractivity contribution in [1.82, 2.24) is 9.97 Å². The monoisotopic (exact) mass is 193 g/mol. The van der Waals surface area contributed by atoms with Crippen LogP contribution in [-0.4, -0.2) is 16.5 Å². The van der Waals surface area contributed by atoms with Gasteiger partial charge < -0.3 is 10.3 Å². The molecule has 0 aliphatic heterocycles. The van der Waals surface area contributed by atoms with Crippen LogP contribution in [0.4, 0.5) is 5.82 Å². The quantitative estimate of drug-likeness (QED) is 0.694. The third kappa shape index (κ3) is 2.87. The fraction of sp³-hybridized carbons (Fsp3) is 0.600. The van der Waals surface area contributed by atoms with E-state index in [0.717, 1.165) is 12.5 Å². The van der Waals surface area contributed by atoms with Crippen molar-refractivity contribution in [3.05, 3.63) is 22.7 Å². The Kier molecular flexibility index (Phi) is 2.81. The molecule has 0 aromatic carbocycles. The first-order valence-corrected chi connectivity index (χ1v) is 5.13. The summed E-state index contributed by atoms with van der Waals surface area (Å²) in [5.41, 5.74) is -0.107. The van der Waals surface area contributed by atoms with Crippen LogP contribution >= 0.6 is 0 Å². The molecule has 0 bridgehead atoms. The highest BCUT2D eigenvalue weighted by Gasteiger charge is 2.19. The van der Waals surface area contributed by atoms with E-state index in [-0.39, 0.29) is 5.56 Å². The molecule has 0 unspecified atom stereocenters. The summed E-state index contributed by atoms with van der Waals surface area (Å²) in [5, 5.41) is 3.14. The van der Waals surface area contributed by atoms with Crippen molar-refractivity contribution in [2.45, 2.75) is 25.7 Å². The van der Waals surface area contributed by atoms with Crippen molar-refractivity contribution >= 4 is 5.82 Å². The minimum Gasteiger partial charge on any atom is -0.370 e. The molecule has 2 N–H and O–H groups in total. The van der Waals surface area contributed by atoms with Crippen LogP contribution in [0.25, 0.3) is 0 Å². The minimum atomic E-state index is -0.107. The lowest BCUT2D eigenvalue weighted by Gasteiger charge is -2.03. The molecule has 0 atom stereocenters. The second-order valence-electron chi connectivity index (χ2n) is 3.81. The first-order valence-electron chi connectivity index (χ1n) is 5.13. The molecule has 1 heterocycles. The van der Waals surface area contributed by atoms with Gasteiger partial charge in [0.05, 0.1) is 6.33 Å². The Labute approximate surface area is 82.8 Å². The van der Waals surface area contributed by atoms with Gasteiger partial charge >= 0.3 is 0 Å². The number of hydrogen-bond donors (Lipinski definition) is 2. The molecule has 14 heavy (non-hydrogen) atoms. The molecular formula is C10H15N3O. The van der Waals surface area contributed by atoms with Crippen molar-refractivity contribution in [3.8, 4) is 0 Å². The molecule has 0 amide bonds. The predicted molar refractivity (Wildman–Crippen MR) is 55.3 cm³/mol. The Morgan fingerprint density at radius 3 is 3.14 bits per heavy atom. The van der Waals surface area contributed by atoms with Gasteiger partial charge in [-0.05, 0) is 18.8 Å². The lowest BCUT2D eigenvalue weighted by atomic mass is 10.2. The molecule has 4 nitrogen and oxygen atoms in total. The van der Waals surface area contributed by atoms with Crippen LogP contribution in [-0.2, 0) is 0 Å². The molecule has 0 radical (unpaired) electrons. The van der Waals surface area contributed by atoms with Crippen molar-refractivity contribution in [3.63, 3.8) is 0 Å². The third-order valence-corrected chi connectivity index (χ3v) is 2.47. The van der Waals surface area contributed by atoms with E-state index in [1.165, 1.54) is 38.1 Å². The van der Waals surface area contributed by atoms with Gasteiger partial charge in [-0.2, -0.15) is 0 Å². The molecule has 1 aromatic rings. The van der Waals surface area contributed by atoms with Gasteiger partial charge in [0.2, 0.25) is 0 Å². The van der Waals surface area contributed by atoms with Crippen LogP contribution in [0.3, 0.4) is 0 Å². The van der Waals surface area contributed by atoms with Gasteiger partial charge in [-0.25, -0.2) is 4.98 Å². The summed E-state index contributed by atoms with van der Waals surface area (Å²) >= 11 is 0. The maximum absolute atomic E-state index is 10.9. The van der Waals surface area contributed by atoms with E-state index in [1.807, 2.05) is 0 Å². The molecule has 0 spiro atoms. The fourth-order valence-corrected chi connectivity index (χ4v) is 1.48. The third-order valence-electron chi connectivity index (χ3n) is 2.47. The Hall–Kier alpha value is -1.32. The lowest BCUT2D eigenvalue weighted by Crippen LogP contribution is -2.09. The van der Waals surface area contributed by atoms with Gasteiger partial charge in [0.1, 0.15) is 5.82 Å². The maximum Gasteiger partial charge on any atom is 0.252 e. The number of nitrogens with one attached hydrogen (secondary N) is 2. The number of rotatable bonds is 5. The van der Waals surface area contributed by atoms with Gasteiger partial charge in [-0.3, -0.25) is 4.79 Å². The molecular weight excluding hydrogens is 178 g/mol. The number of aromatic nitrogens is 2. The van der Waals surface area contributed by atoms with E-state index in [4.69, 9.17) is 0 Å². The van der Waals surface area contributed by atoms with E-state index in [1.54, 1.807) is 0 Å². The first-order chi connectivity index (χ1) is 6.84. The van der Waals surface area contributed by atoms with Crippen molar-refractivity contribution in [1.29, 1.82) is 0 Å². The van der Waals surface area contributed by atoms with Crippen molar-refractivity contribution in [2.24, 2.45) is 5.92 Å². The molecule has 4 heteroatoms. The molecule has 1 saturated carbocycles. The Bertz CT molecular complexity index is 343. The van der Waals surface area contributed by atoms with Gasteiger partial charge in [0, 0.05) is 12.6 Å². The molecule has 2 rings (SSSR count). The highest BCUT2D eigenvalue weighted by molar-refractivity contribution is 5.31. The summed E-state index contributed by atoms with van der Waals surface area (Å²) in [6.45, 7) is 0.910. The number of nitrogens with zero attached hydrogens (tertiary/aromatic N) is 1. The zero-order valence-electron chi connectivity index (χ0n) is 8.12. The number of aromatic amines is 1. The Balaban J connectivity index is 1.71. The van der Waals surface area contributed by atoms with Gasteiger partial charge in [-0.1, -0.05) is 12.8 Å². The molecule has 0 saturated heterocycles. The van der Waals surface area contributed by atoms with Gasteiger partial charge in [0.25, 0.3) is 5.56 Å². The normalized spacial score (nSPS) is 15.4. The van der Waals surface area contributed by atoms with Crippen molar-refractivity contribution < 1.29 is 0 Å². The topological polar surface area (TPSA) is 57.8 Å². The summed E-state index contributed by atoms with van der Waals surface area (Å²) in [6.07, 6.45) is 6.70. The summed E-state index contributed by atoms with van der Waals surface area (Å²) in [4.78, 5) is 17.4. The van der Waals surface area contributed by atoms with Crippen LogP contribution in [0.1, 0.15) is 25.7 Å². The average Bonchev–Trinajstić information content (AvgIpc) is 2.96. The second-order valence-corrected chi connectivity index (χ2v) is 3.81. The Morgan fingerprint density at radius 2 is 2.43 bits per heavy atom. The van der Waals surface area contributed by atoms with E-state index in [0.29, 0.717) is 5.82 Å². The minimum absolute atomic E-state index is 0.107. The molecule has 76 valence electrons. The van der Waals surface area contributed by atoms with E-state index in [9.17, 15) is 4.79 Å². The van der Waals surface area contributed by atoms with Gasteiger partial charge in [-0.15, -0.1) is 0 Å². The molecule has 1 fully saturated rings. The molecule has 1 aliphatic carbocycles. The van der Waals surface area contributed by atoms with Crippen molar-refractivity contribution in [2.75, 3.05) is 11.9 Å². The molecule has 1 aliphatic rings. The zero-order chi connectivity index (χ0) is 9.80. The zero-order valence-corrected chi connectivity index (χ0v) is 8.12. The van der Waals surface area contributed by atoms with E-state index in [2.05, 4.69) is 15.3 Å².